The summed E-state index contributed by atoms with van der Waals surface area (Å²) < 4.78 is 33.1. The number of nitrogens with two attached hydrogens (primary N) is 1. The van der Waals surface area contributed by atoms with Crippen LogP contribution in [0.2, 0.25) is 0 Å². The Kier molecular flexibility index (Phi) is 8.21. The summed E-state index contributed by atoms with van der Waals surface area (Å²) in [5, 5.41) is 3.92. The molecule has 3 aromatic rings. The summed E-state index contributed by atoms with van der Waals surface area (Å²) in [6.45, 7) is 3.01. The summed E-state index contributed by atoms with van der Waals surface area (Å²) in [6.07, 6.45) is 1.41. The summed E-state index contributed by atoms with van der Waals surface area (Å²) in [6, 6.07) is 19.9. The second kappa shape index (κ2) is 11.3. The molecule has 0 bridgehead atoms. The zero-order valence-electron chi connectivity index (χ0n) is 19.3. The number of primary amides is 1. The molecular weight excluding hydrogens is 468 g/mol. The Morgan fingerprint density at radius 3 is 2.34 bits per heavy atom. The van der Waals surface area contributed by atoms with E-state index in [-0.39, 0.29) is 11.5 Å². The van der Waals surface area contributed by atoms with Crippen molar-refractivity contribution in [2.45, 2.75) is 18.7 Å². The van der Waals surface area contributed by atoms with Gasteiger partial charge in [-0.25, -0.2) is 13.8 Å². The summed E-state index contributed by atoms with van der Waals surface area (Å²) >= 11 is 0. The number of carbonyl (C=O) groups excluding carboxylic acids is 2. The maximum atomic E-state index is 13.4. The number of amides is 2. The van der Waals surface area contributed by atoms with Gasteiger partial charge in [0.15, 0.2) is 6.61 Å². The predicted octanol–water partition coefficient (Wildman–Crippen LogP) is 2.51. The van der Waals surface area contributed by atoms with E-state index in [1.165, 1.54) is 18.3 Å². The van der Waals surface area contributed by atoms with Crippen LogP contribution >= 0.6 is 0 Å². The number of carbonyl (C=O) groups is 2. The molecule has 3 rings (SSSR count). The molecule has 10 heteroatoms. The molecule has 3 N–H and O–H groups in total. The summed E-state index contributed by atoms with van der Waals surface area (Å²) in [5.74, 6) is -0.732. The number of benzene rings is 3. The monoisotopic (exact) mass is 494 g/mol. The molecule has 0 aliphatic rings. The lowest BCUT2D eigenvalue weighted by Crippen LogP contribution is -2.40. The van der Waals surface area contributed by atoms with Gasteiger partial charge in [0.05, 0.1) is 16.8 Å². The average molecular weight is 495 g/mol. The number of hydrazone groups is 1. The number of nitrogens with one attached hydrogen (secondary N) is 1. The Morgan fingerprint density at radius 1 is 1.03 bits per heavy atom. The van der Waals surface area contributed by atoms with Crippen LogP contribution in [0.3, 0.4) is 0 Å². The Hall–Kier alpha value is -4.18. The molecular formula is C25H26N4O5S. The highest BCUT2D eigenvalue weighted by atomic mass is 32.2. The van der Waals surface area contributed by atoms with Gasteiger partial charge in [-0.3, -0.25) is 13.9 Å². The van der Waals surface area contributed by atoms with Crippen LogP contribution in [0.4, 0.5) is 5.69 Å². The van der Waals surface area contributed by atoms with E-state index in [9.17, 15) is 18.0 Å². The van der Waals surface area contributed by atoms with Crippen molar-refractivity contribution in [3.63, 3.8) is 0 Å². The maximum absolute atomic E-state index is 13.4. The van der Waals surface area contributed by atoms with Crippen molar-refractivity contribution < 1.29 is 22.7 Å². The fourth-order valence-electron chi connectivity index (χ4n) is 3.25. The first-order valence-electron chi connectivity index (χ1n) is 10.6. The van der Waals surface area contributed by atoms with Crippen LogP contribution in [0.25, 0.3) is 0 Å². The van der Waals surface area contributed by atoms with Gasteiger partial charge in [0.2, 0.25) is 0 Å². The molecule has 0 radical (unpaired) electrons. The standard InChI is InChI=1S/C25H26N4O5S/c1-18-8-13-23(19(2)14-18)29(35(32,33)22-6-4-3-5-7-22)16-25(31)28-27-15-20-9-11-21(12-10-20)34-17-24(26)30/h3-15H,16-17H2,1-2H3,(H2,26,30)(H,28,31)/b27-15-. The molecule has 0 heterocycles. The van der Waals surface area contributed by atoms with Gasteiger partial charge in [0.25, 0.3) is 21.8 Å². The molecule has 0 spiro atoms. The summed E-state index contributed by atoms with van der Waals surface area (Å²) in [5.41, 5.74) is 10.2. The molecule has 0 atom stereocenters. The highest BCUT2D eigenvalue weighted by Crippen LogP contribution is 2.27. The third-order valence-electron chi connectivity index (χ3n) is 4.90. The van der Waals surface area contributed by atoms with Crippen molar-refractivity contribution in [2.75, 3.05) is 17.5 Å². The summed E-state index contributed by atoms with van der Waals surface area (Å²) in [7, 11) is -4.00. The third-order valence-corrected chi connectivity index (χ3v) is 6.68. The van der Waals surface area contributed by atoms with Crippen LogP contribution in [-0.2, 0) is 19.6 Å². The molecule has 0 unspecified atom stereocenters. The molecule has 3 aromatic carbocycles. The lowest BCUT2D eigenvalue weighted by Gasteiger charge is -2.25. The van der Waals surface area contributed by atoms with E-state index < -0.39 is 28.4 Å². The van der Waals surface area contributed by atoms with Crippen molar-refractivity contribution in [1.29, 1.82) is 0 Å². The number of hydrogen-bond acceptors (Lipinski definition) is 6. The van der Waals surface area contributed by atoms with Crippen LogP contribution in [0.15, 0.2) is 82.8 Å². The lowest BCUT2D eigenvalue weighted by atomic mass is 10.1. The normalized spacial score (nSPS) is 11.3. The zero-order chi connectivity index (χ0) is 25.4. The molecule has 0 saturated heterocycles. The lowest BCUT2D eigenvalue weighted by molar-refractivity contribution is -0.120. The van der Waals surface area contributed by atoms with E-state index >= 15 is 0 Å². The molecule has 0 aliphatic heterocycles. The van der Waals surface area contributed by atoms with E-state index in [0.29, 0.717) is 17.0 Å². The highest BCUT2D eigenvalue weighted by Gasteiger charge is 2.28. The molecule has 0 fully saturated rings. The Labute approximate surface area is 204 Å². The van der Waals surface area contributed by atoms with Gasteiger partial charge in [0.1, 0.15) is 12.3 Å². The third kappa shape index (κ3) is 6.90. The molecule has 182 valence electrons. The number of anilines is 1. The number of hydrogen-bond donors (Lipinski definition) is 2. The van der Waals surface area contributed by atoms with Gasteiger partial charge in [-0.2, -0.15) is 5.10 Å². The number of nitrogens with zero attached hydrogens (tertiary/aromatic N) is 2. The van der Waals surface area contributed by atoms with Gasteiger partial charge < -0.3 is 10.5 Å². The first-order chi connectivity index (χ1) is 16.7. The van der Waals surface area contributed by atoms with E-state index in [1.54, 1.807) is 61.5 Å². The molecule has 9 nitrogen and oxygen atoms in total. The van der Waals surface area contributed by atoms with Gasteiger partial charge >= 0.3 is 0 Å². The van der Waals surface area contributed by atoms with Gasteiger partial charge in [0, 0.05) is 0 Å². The number of sulfonamides is 1. The van der Waals surface area contributed by atoms with Crippen molar-refractivity contribution in [3.8, 4) is 5.75 Å². The minimum absolute atomic E-state index is 0.0786. The first-order valence-corrected chi connectivity index (χ1v) is 12.1. The zero-order valence-corrected chi connectivity index (χ0v) is 20.2. The van der Waals surface area contributed by atoms with Crippen LogP contribution < -0.4 is 20.2 Å². The van der Waals surface area contributed by atoms with Gasteiger partial charge in [-0.05, 0) is 67.4 Å². The molecule has 2 amide bonds. The van der Waals surface area contributed by atoms with E-state index in [4.69, 9.17) is 10.5 Å². The minimum Gasteiger partial charge on any atom is -0.484 e. The van der Waals surface area contributed by atoms with Crippen LogP contribution in [0.1, 0.15) is 16.7 Å². The van der Waals surface area contributed by atoms with Gasteiger partial charge in [-0.15, -0.1) is 0 Å². The maximum Gasteiger partial charge on any atom is 0.264 e. The highest BCUT2D eigenvalue weighted by molar-refractivity contribution is 7.92. The SMILES string of the molecule is Cc1ccc(N(CC(=O)N/N=C\c2ccc(OCC(N)=O)cc2)S(=O)(=O)c2ccccc2)c(C)c1. The second-order valence-corrected chi connectivity index (χ2v) is 9.59. The van der Waals surface area contributed by atoms with Crippen LogP contribution in [0.5, 0.6) is 5.75 Å². The first kappa shape index (κ1) is 25.4. The molecule has 35 heavy (non-hydrogen) atoms. The number of ether oxygens (including phenoxy) is 1. The topological polar surface area (TPSA) is 131 Å². The van der Waals surface area contributed by atoms with E-state index in [1.807, 2.05) is 13.0 Å². The average Bonchev–Trinajstić information content (AvgIpc) is 2.83. The second-order valence-electron chi connectivity index (χ2n) is 7.73. The fraction of sp³-hybridized carbons (Fsp3) is 0.160. The fourth-order valence-corrected chi connectivity index (χ4v) is 4.76. The summed E-state index contributed by atoms with van der Waals surface area (Å²) in [4.78, 5) is 23.5. The Bertz CT molecular complexity index is 1320. The van der Waals surface area contributed by atoms with Crippen molar-refractivity contribution in [1.82, 2.24) is 5.43 Å². The van der Waals surface area contributed by atoms with E-state index in [0.717, 1.165) is 15.4 Å². The minimum atomic E-state index is -4.00. The van der Waals surface area contributed by atoms with Crippen molar-refractivity contribution in [3.05, 3.63) is 89.5 Å². The molecule has 0 aromatic heterocycles. The Morgan fingerprint density at radius 2 is 1.71 bits per heavy atom. The predicted molar refractivity (Wildman–Crippen MR) is 134 cm³/mol. The van der Waals surface area contributed by atoms with Crippen molar-refractivity contribution >= 4 is 33.7 Å². The Balaban J connectivity index is 1.75. The number of rotatable bonds is 10. The van der Waals surface area contributed by atoms with Crippen molar-refractivity contribution in [2.24, 2.45) is 10.8 Å². The molecule has 0 aliphatic carbocycles. The number of aryl methyl sites for hydroxylation is 2. The van der Waals surface area contributed by atoms with Crippen LogP contribution in [-0.4, -0.2) is 39.6 Å². The van der Waals surface area contributed by atoms with Gasteiger partial charge in [-0.1, -0.05) is 35.9 Å². The van der Waals surface area contributed by atoms with Crippen LogP contribution in [0, 0.1) is 13.8 Å². The largest absolute Gasteiger partial charge is 0.484 e. The smallest absolute Gasteiger partial charge is 0.264 e. The quantitative estimate of drug-likeness (QED) is 0.330. The van der Waals surface area contributed by atoms with E-state index in [2.05, 4.69) is 10.5 Å². The molecule has 0 saturated carbocycles.